The number of benzene rings is 2. The Morgan fingerprint density at radius 2 is 1.74 bits per heavy atom. The van der Waals surface area contributed by atoms with Crippen molar-refractivity contribution in [3.63, 3.8) is 0 Å². The van der Waals surface area contributed by atoms with Gasteiger partial charge in [0.15, 0.2) is 5.11 Å². The molecule has 2 aliphatic heterocycles. The molecule has 6 heteroatoms. The quantitative estimate of drug-likeness (QED) is 0.634. The zero-order valence-electron chi connectivity index (χ0n) is 18.5. The van der Waals surface area contributed by atoms with Crippen LogP contribution in [0.25, 0.3) is 0 Å². The average Bonchev–Trinajstić information content (AvgIpc) is 3.21. The number of piperidine rings is 1. The lowest BCUT2D eigenvalue weighted by Gasteiger charge is -2.29. The Morgan fingerprint density at radius 3 is 2.42 bits per heavy atom. The molecule has 2 N–H and O–H groups in total. The van der Waals surface area contributed by atoms with Gasteiger partial charge in [-0.2, -0.15) is 0 Å². The van der Waals surface area contributed by atoms with E-state index in [2.05, 4.69) is 46.7 Å². The second kappa shape index (κ2) is 9.69. The van der Waals surface area contributed by atoms with Crippen molar-refractivity contribution in [1.82, 2.24) is 5.32 Å². The lowest BCUT2D eigenvalue weighted by atomic mass is 10.1. The number of hydrogen-bond donors (Lipinski definition) is 2. The van der Waals surface area contributed by atoms with Crippen LogP contribution >= 0.6 is 12.2 Å². The second-order valence-corrected chi connectivity index (χ2v) is 9.02. The van der Waals surface area contributed by atoms with E-state index < -0.39 is 0 Å². The highest BCUT2D eigenvalue weighted by Gasteiger charge is 2.23. The molecule has 5 nitrogen and oxygen atoms in total. The fraction of sp³-hybridized carbons (Fsp3) is 0.440. The highest BCUT2D eigenvalue weighted by atomic mass is 32.1. The number of carbonyl (C=O) groups is 1. The van der Waals surface area contributed by atoms with Crippen LogP contribution in [0, 0.1) is 6.92 Å². The molecule has 0 aromatic heterocycles. The Hall–Kier alpha value is -2.60. The first kappa shape index (κ1) is 21.6. The molecule has 2 saturated heterocycles. The predicted octanol–water partition coefficient (Wildman–Crippen LogP) is 5.16. The number of amides is 1. The molecule has 0 aliphatic carbocycles. The van der Waals surface area contributed by atoms with Gasteiger partial charge < -0.3 is 20.4 Å². The smallest absolute Gasteiger partial charge is 0.227 e. The van der Waals surface area contributed by atoms with Gasteiger partial charge in [-0.05, 0) is 87.1 Å². The van der Waals surface area contributed by atoms with Gasteiger partial charge in [-0.1, -0.05) is 18.2 Å². The molecule has 0 saturated carbocycles. The lowest BCUT2D eigenvalue weighted by Crippen LogP contribution is -2.31. The summed E-state index contributed by atoms with van der Waals surface area (Å²) in [5, 5.41) is 7.25. The summed E-state index contributed by atoms with van der Waals surface area (Å²) in [4.78, 5) is 16.5. The van der Waals surface area contributed by atoms with E-state index in [0.29, 0.717) is 11.5 Å². The van der Waals surface area contributed by atoms with Gasteiger partial charge in [0.1, 0.15) is 0 Å². The SMILES string of the molecule is Cc1ccc(NC(=S)N[C@H](C)c2ccc(N3CCCCC3)cc2)cc1N1CCCC1=O. The van der Waals surface area contributed by atoms with E-state index in [4.69, 9.17) is 12.2 Å². The fourth-order valence-corrected chi connectivity index (χ4v) is 4.75. The number of nitrogens with one attached hydrogen (secondary N) is 2. The van der Waals surface area contributed by atoms with Crippen LogP contribution in [0.3, 0.4) is 0 Å². The summed E-state index contributed by atoms with van der Waals surface area (Å²) in [6.45, 7) is 7.26. The zero-order chi connectivity index (χ0) is 21.8. The van der Waals surface area contributed by atoms with Gasteiger partial charge in [0, 0.05) is 43.1 Å². The molecule has 2 fully saturated rings. The zero-order valence-corrected chi connectivity index (χ0v) is 19.3. The summed E-state index contributed by atoms with van der Waals surface area (Å²) >= 11 is 5.56. The number of nitrogens with zero attached hydrogens (tertiary/aromatic N) is 2. The van der Waals surface area contributed by atoms with Crippen molar-refractivity contribution >= 4 is 40.3 Å². The second-order valence-electron chi connectivity index (χ2n) is 8.61. The predicted molar refractivity (Wildman–Crippen MR) is 133 cm³/mol. The summed E-state index contributed by atoms with van der Waals surface area (Å²) in [6.07, 6.45) is 5.46. The van der Waals surface area contributed by atoms with E-state index in [1.54, 1.807) is 0 Å². The monoisotopic (exact) mass is 436 g/mol. The van der Waals surface area contributed by atoms with Gasteiger partial charge in [-0.3, -0.25) is 4.79 Å². The first-order valence-electron chi connectivity index (χ1n) is 11.3. The third kappa shape index (κ3) is 5.18. The molecule has 2 aromatic carbocycles. The molecule has 31 heavy (non-hydrogen) atoms. The maximum atomic E-state index is 12.2. The molecule has 0 radical (unpaired) electrons. The Labute approximate surface area is 190 Å². The first-order valence-corrected chi connectivity index (χ1v) is 11.8. The largest absolute Gasteiger partial charge is 0.372 e. The van der Waals surface area contributed by atoms with Gasteiger partial charge in [-0.15, -0.1) is 0 Å². The van der Waals surface area contributed by atoms with Crippen LogP contribution in [0.15, 0.2) is 42.5 Å². The number of aryl methyl sites for hydroxylation is 1. The summed E-state index contributed by atoms with van der Waals surface area (Å²) in [5.41, 5.74) is 5.47. The van der Waals surface area contributed by atoms with Crippen LogP contribution in [0.5, 0.6) is 0 Å². The van der Waals surface area contributed by atoms with Gasteiger partial charge in [0.05, 0.1) is 6.04 Å². The molecule has 0 spiro atoms. The summed E-state index contributed by atoms with van der Waals surface area (Å²) in [5.74, 6) is 0.197. The van der Waals surface area contributed by atoms with Crippen molar-refractivity contribution < 1.29 is 4.79 Å². The number of carbonyl (C=O) groups excluding carboxylic acids is 1. The van der Waals surface area contributed by atoms with Crippen molar-refractivity contribution in [2.45, 2.75) is 52.0 Å². The van der Waals surface area contributed by atoms with Gasteiger partial charge in [0.25, 0.3) is 0 Å². The molecule has 2 aliphatic rings. The van der Waals surface area contributed by atoms with Crippen LogP contribution in [0.2, 0.25) is 0 Å². The highest BCUT2D eigenvalue weighted by Crippen LogP contribution is 2.28. The van der Waals surface area contributed by atoms with Crippen molar-refractivity contribution in [2.24, 2.45) is 0 Å². The average molecular weight is 437 g/mol. The molecular weight excluding hydrogens is 404 g/mol. The molecule has 164 valence electrons. The van der Waals surface area contributed by atoms with E-state index in [1.165, 1.54) is 30.5 Å². The molecule has 2 aromatic rings. The van der Waals surface area contributed by atoms with Crippen molar-refractivity contribution in [3.8, 4) is 0 Å². The molecule has 2 heterocycles. The fourth-order valence-electron chi connectivity index (χ4n) is 4.45. The maximum Gasteiger partial charge on any atom is 0.227 e. The summed E-state index contributed by atoms with van der Waals surface area (Å²) in [6, 6.07) is 15.0. The molecule has 0 bridgehead atoms. The molecule has 0 unspecified atom stereocenters. The Morgan fingerprint density at radius 1 is 1.00 bits per heavy atom. The maximum absolute atomic E-state index is 12.2. The Kier molecular flexibility index (Phi) is 6.76. The standard InChI is InChI=1S/C25H32N4OS/c1-18-8-11-21(17-23(18)29-16-6-7-24(29)30)27-25(31)26-19(2)20-9-12-22(13-10-20)28-14-4-3-5-15-28/h8-13,17,19H,3-7,14-16H2,1-2H3,(H2,26,27,31)/t19-/m1/s1. The third-order valence-corrected chi connectivity index (χ3v) is 6.51. The van der Waals surface area contributed by atoms with E-state index in [1.807, 2.05) is 30.0 Å². The van der Waals surface area contributed by atoms with Crippen molar-refractivity contribution in [3.05, 3.63) is 53.6 Å². The molecular formula is C25H32N4OS. The number of hydrogen-bond acceptors (Lipinski definition) is 3. The van der Waals surface area contributed by atoms with Crippen LogP contribution < -0.4 is 20.4 Å². The normalized spacial score (nSPS) is 17.5. The number of anilines is 3. The number of rotatable bonds is 5. The van der Waals surface area contributed by atoms with E-state index in [9.17, 15) is 4.79 Å². The summed E-state index contributed by atoms with van der Waals surface area (Å²) in [7, 11) is 0. The topological polar surface area (TPSA) is 47.6 Å². The van der Waals surface area contributed by atoms with Crippen LogP contribution in [0.1, 0.15) is 56.2 Å². The van der Waals surface area contributed by atoms with E-state index in [0.717, 1.165) is 43.0 Å². The molecule has 1 amide bonds. The van der Waals surface area contributed by atoms with Crippen LogP contribution in [0.4, 0.5) is 17.1 Å². The van der Waals surface area contributed by atoms with E-state index in [-0.39, 0.29) is 11.9 Å². The highest BCUT2D eigenvalue weighted by molar-refractivity contribution is 7.80. The molecule has 1 atom stereocenters. The van der Waals surface area contributed by atoms with Crippen LogP contribution in [-0.2, 0) is 4.79 Å². The van der Waals surface area contributed by atoms with E-state index >= 15 is 0 Å². The summed E-state index contributed by atoms with van der Waals surface area (Å²) < 4.78 is 0. The minimum Gasteiger partial charge on any atom is -0.372 e. The van der Waals surface area contributed by atoms with Crippen molar-refractivity contribution in [1.29, 1.82) is 0 Å². The van der Waals surface area contributed by atoms with Gasteiger partial charge in [0.2, 0.25) is 5.91 Å². The van der Waals surface area contributed by atoms with Crippen LogP contribution in [-0.4, -0.2) is 30.7 Å². The Balaban J connectivity index is 1.36. The van der Waals surface area contributed by atoms with Gasteiger partial charge >= 0.3 is 0 Å². The number of thiocarbonyl (C=S) groups is 1. The van der Waals surface area contributed by atoms with Crippen molar-refractivity contribution in [2.75, 3.05) is 34.8 Å². The van der Waals surface area contributed by atoms with Gasteiger partial charge in [-0.25, -0.2) is 0 Å². The molecule has 4 rings (SSSR count). The minimum absolute atomic E-state index is 0.0977. The first-order chi connectivity index (χ1) is 15.0. The lowest BCUT2D eigenvalue weighted by molar-refractivity contribution is -0.117. The third-order valence-electron chi connectivity index (χ3n) is 6.29. The Bertz CT molecular complexity index is 937. The minimum atomic E-state index is 0.0977.